The Morgan fingerprint density at radius 3 is 1.75 bits per heavy atom. The Hall–Kier alpha value is 0. The van der Waals surface area contributed by atoms with Gasteiger partial charge >= 0.3 is 0 Å². The van der Waals surface area contributed by atoms with Gasteiger partial charge < -0.3 is 0 Å². The predicted molar refractivity (Wildman–Crippen MR) is 16.0 cm³/mol. The van der Waals surface area contributed by atoms with E-state index in [1.807, 2.05) is 5.92 Å². The van der Waals surface area contributed by atoms with Crippen LogP contribution < -0.4 is 0 Å². The van der Waals surface area contributed by atoms with Gasteiger partial charge in [0.05, 0.1) is 0 Å². The smallest absolute Gasteiger partial charge is 0.0204 e. The van der Waals surface area contributed by atoms with Gasteiger partial charge in [-0.1, -0.05) is 0 Å². The average Bonchev–Trinajstić information content (AvgIpc) is 1.36. The lowest BCUT2D eigenvalue weighted by atomic mass is 10.5. The highest BCUT2D eigenvalue weighted by atomic mass is 14.6. The summed E-state index contributed by atoms with van der Waals surface area (Å²) in [6.07, 6.45) is 3.00. The van der Waals surface area contributed by atoms with E-state index >= 15 is 0 Å². The van der Waals surface area contributed by atoms with Crippen molar-refractivity contribution in [3.05, 3.63) is 5.92 Å². The van der Waals surface area contributed by atoms with Crippen LogP contribution in [0.25, 0.3) is 0 Å². The molecule has 1 radical (unpaired) electrons. The van der Waals surface area contributed by atoms with Gasteiger partial charge in [0, 0.05) is 0 Å². The van der Waals surface area contributed by atoms with Gasteiger partial charge in [0.15, 0.2) is 0 Å². The molecule has 0 heterocycles. The molecule has 0 atom stereocenters. The molecular formula is C4H5. The van der Waals surface area contributed by atoms with Crippen molar-refractivity contribution in [1.29, 1.82) is 0 Å². The molecule has 2 aliphatic rings. The third kappa shape index (κ3) is 0.0312. The fourth-order valence-corrected chi connectivity index (χ4v) is 0.455. The Kier molecular flexibility index (Phi) is 0.0675. The molecule has 2 saturated carbocycles. The third-order valence-electron chi connectivity index (χ3n) is 1.27. The van der Waals surface area contributed by atoms with Crippen LogP contribution in [0.3, 0.4) is 0 Å². The van der Waals surface area contributed by atoms with Crippen molar-refractivity contribution in [3.63, 3.8) is 0 Å². The minimum atomic E-state index is 1.17. The number of hydrogen-bond acceptors (Lipinski definition) is 0. The van der Waals surface area contributed by atoms with E-state index < -0.39 is 0 Å². The Bertz CT molecular complexity index is 36.0. The lowest BCUT2D eigenvalue weighted by molar-refractivity contribution is 0.994. The molecule has 0 saturated heterocycles. The summed E-state index contributed by atoms with van der Waals surface area (Å²) in [4.78, 5) is 0. The predicted octanol–water partition coefficient (Wildman–Crippen LogP) is 0.984. The highest BCUT2D eigenvalue weighted by Gasteiger charge is 2.53. The molecule has 0 aromatic rings. The summed E-state index contributed by atoms with van der Waals surface area (Å²) in [7, 11) is 0. The third-order valence-corrected chi connectivity index (χ3v) is 1.27. The number of hydrogen-bond donors (Lipinski definition) is 0. The van der Waals surface area contributed by atoms with Crippen LogP contribution in [0.1, 0.15) is 12.8 Å². The monoisotopic (exact) mass is 53.0 g/mol. The molecule has 0 nitrogen and oxygen atoms in total. The van der Waals surface area contributed by atoms with Crippen molar-refractivity contribution in [3.8, 4) is 0 Å². The Labute approximate surface area is 25.8 Å². The van der Waals surface area contributed by atoms with Crippen molar-refractivity contribution in [2.45, 2.75) is 12.8 Å². The first-order valence-corrected chi connectivity index (χ1v) is 1.81. The average molecular weight is 53.1 g/mol. The van der Waals surface area contributed by atoms with E-state index in [0.29, 0.717) is 0 Å². The fourth-order valence-electron chi connectivity index (χ4n) is 0.455. The topological polar surface area (TPSA) is 0 Å². The molecule has 21 valence electrons. The fraction of sp³-hybridized carbons (Fsp3) is 0.750. The molecular weight excluding hydrogens is 48.0 g/mol. The maximum Gasteiger partial charge on any atom is -0.0204 e. The SMILES string of the molecule is C1[C]2CC12. The van der Waals surface area contributed by atoms with Crippen LogP contribution >= 0.6 is 0 Å². The van der Waals surface area contributed by atoms with Crippen LogP contribution in [0, 0.1) is 11.8 Å². The summed E-state index contributed by atoms with van der Waals surface area (Å²) >= 11 is 0. The molecule has 0 spiro atoms. The van der Waals surface area contributed by atoms with Crippen molar-refractivity contribution in [2.75, 3.05) is 0 Å². The first-order chi connectivity index (χ1) is 1.97. The van der Waals surface area contributed by atoms with E-state index in [1.165, 1.54) is 18.8 Å². The molecule has 0 bridgehead atoms. The van der Waals surface area contributed by atoms with Gasteiger partial charge in [0.2, 0.25) is 0 Å². The first-order valence-electron chi connectivity index (χ1n) is 1.81. The van der Waals surface area contributed by atoms with E-state index in [4.69, 9.17) is 0 Å². The first kappa shape index (κ1) is 1.44. The zero-order valence-corrected chi connectivity index (χ0v) is 2.49. The summed E-state index contributed by atoms with van der Waals surface area (Å²) in [6.45, 7) is 0. The molecule has 0 aromatic heterocycles. The van der Waals surface area contributed by atoms with Crippen molar-refractivity contribution in [1.82, 2.24) is 0 Å². The second-order valence-corrected chi connectivity index (χ2v) is 1.76. The van der Waals surface area contributed by atoms with Crippen LogP contribution in [0.4, 0.5) is 0 Å². The minimum absolute atomic E-state index is 1.17. The van der Waals surface area contributed by atoms with Gasteiger partial charge in [-0.05, 0) is 24.7 Å². The van der Waals surface area contributed by atoms with Crippen molar-refractivity contribution >= 4 is 0 Å². The van der Waals surface area contributed by atoms with Crippen LogP contribution in [0.5, 0.6) is 0 Å². The van der Waals surface area contributed by atoms with Crippen molar-refractivity contribution in [2.24, 2.45) is 5.92 Å². The van der Waals surface area contributed by atoms with E-state index in [-0.39, 0.29) is 0 Å². The highest BCUT2D eigenvalue weighted by molar-refractivity contribution is 5.31. The molecule has 0 unspecified atom stereocenters. The number of fused-ring (bicyclic) bond motifs is 1. The van der Waals surface area contributed by atoms with Crippen LogP contribution in [-0.2, 0) is 0 Å². The zero-order valence-electron chi connectivity index (χ0n) is 2.49. The van der Waals surface area contributed by atoms with Crippen LogP contribution in [0.2, 0.25) is 0 Å². The maximum atomic E-state index is 1.83. The normalized spacial score (nSPS) is 39.0. The minimum Gasteiger partial charge on any atom is -0.0433 e. The van der Waals surface area contributed by atoms with E-state index in [0.717, 1.165) is 0 Å². The van der Waals surface area contributed by atoms with E-state index in [9.17, 15) is 0 Å². The molecule has 0 amide bonds. The van der Waals surface area contributed by atoms with Crippen molar-refractivity contribution < 1.29 is 0 Å². The second kappa shape index (κ2) is 0.188. The second-order valence-electron chi connectivity index (χ2n) is 1.76. The Morgan fingerprint density at radius 1 is 1.50 bits per heavy atom. The Balaban J connectivity index is 2.48. The van der Waals surface area contributed by atoms with Gasteiger partial charge in [-0.3, -0.25) is 0 Å². The zero-order chi connectivity index (χ0) is 2.57. The van der Waals surface area contributed by atoms with Gasteiger partial charge in [-0.2, -0.15) is 0 Å². The van der Waals surface area contributed by atoms with Crippen LogP contribution in [0.15, 0.2) is 0 Å². The molecule has 4 heavy (non-hydrogen) atoms. The standard InChI is InChI=1S/C4H5/c1-3-2-4(1)3/h3H,1-2H2. The summed E-state index contributed by atoms with van der Waals surface area (Å²) in [5.41, 5.74) is 0. The summed E-state index contributed by atoms with van der Waals surface area (Å²) < 4.78 is 0. The molecule has 0 heteroatoms. The van der Waals surface area contributed by atoms with Gasteiger partial charge in [0.1, 0.15) is 0 Å². The lowest BCUT2D eigenvalue weighted by Gasteiger charge is -1.60. The highest BCUT2D eigenvalue weighted by Crippen LogP contribution is 2.64. The largest absolute Gasteiger partial charge is 0.0433 e. The molecule has 0 aromatic carbocycles. The summed E-state index contributed by atoms with van der Waals surface area (Å²) in [6, 6.07) is 0. The maximum absolute atomic E-state index is 1.83. The lowest BCUT2D eigenvalue weighted by Crippen LogP contribution is -1.46. The van der Waals surface area contributed by atoms with E-state index in [2.05, 4.69) is 0 Å². The van der Waals surface area contributed by atoms with E-state index in [1.54, 1.807) is 0 Å². The summed E-state index contributed by atoms with van der Waals surface area (Å²) in [5.74, 6) is 3.00. The van der Waals surface area contributed by atoms with Crippen LogP contribution in [-0.4, -0.2) is 0 Å². The molecule has 0 aliphatic heterocycles. The summed E-state index contributed by atoms with van der Waals surface area (Å²) in [5, 5.41) is 0. The molecule has 2 rings (SSSR count). The molecule has 2 fully saturated rings. The number of rotatable bonds is 0. The quantitative estimate of drug-likeness (QED) is 0.386. The van der Waals surface area contributed by atoms with Gasteiger partial charge in [-0.25, -0.2) is 0 Å². The molecule has 2 aliphatic carbocycles. The molecule has 0 N–H and O–H groups in total. The Morgan fingerprint density at radius 2 is 1.75 bits per heavy atom. The van der Waals surface area contributed by atoms with Gasteiger partial charge in [-0.15, -0.1) is 0 Å². The van der Waals surface area contributed by atoms with Gasteiger partial charge in [0.25, 0.3) is 0 Å².